The Labute approximate surface area is 41.1 Å². The largest absolute Gasteiger partial charge is 0.400 e. The lowest BCUT2D eigenvalue weighted by atomic mass is 11.0. The van der Waals surface area contributed by atoms with Gasteiger partial charge in [-0.2, -0.15) is 0 Å². The van der Waals surface area contributed by atoms with Crippen molar-refractivity contribution in [1.29, 1.82) is 0 Å². The number of alkyl halides is 1. The summed E-state index contributed by atoms with van der Waals surface area (Å²) < 4.78 is 0. The first-order chi connectivity index (χ1) is 2.41. The average molecular weight is 141 g/mol. The Balaban J connectivity index is 0. The van der Waals surface area contributed by atoms with Crippen LogP contribution in [-0.2, 0) is 0 Å². The third-order valence-corrected chi connectivity index (χ3v) is 0. The van der Waals surface area contributed by atoms with E-state index in [-0.39, 0.29) is 0 Å². The lowest BCUT2D eigenvalue weighted by Crippen LogP contribution is -1.34. The molecule has 0 aliphatic heterocycles. The third kappa shape index (κ3) is 137. The van der Waals surface area contributed by atoms with Gasteiger partial charge in [-0.25, -0.2) is 0 Å². The third-order valence-electron chi connectivity index (χ3n) is 0. The molecular formula is C3H9BrO. The van der Waals surface area contributed by atoms with E-state index >= 15 is 0 Å². The van der Waals surface area contributed by atoms with Crippen molar-refractivity contribution in [3.8, 4) is 0 Å². The molecule has 0 amide bonds. The van der Waals surface area contributed by atoms with E-state index in [1.807, 2.05) is 6.92 Å². The summed E-state index contributed by atoms with van der Waals surface area (Å²) in [5, 5.41) is 8.06. The SMILES string of the molecule is CCBr.CO. The van der Waals surface area contributed by atoms with Crippen LogP contribution in [0.5, 0.6) is 0 Å². The van der Waals surface area contributed by atoms with Crippen LogP contribution in [0.4, 0.5) is 0 Å². The molecule has 1 nitrogen and oxygen atoms in total. The van der Waals surface area contributed by atoms with Crippen LogP contribution >= 0.6 is 15.9 Å². The molecule has 0 saturated heterocycles. The fraction of sp³-hybridized carbons (Fsp3) is 1.00. The number of hydrogen-bond donors (Lipinski definition) is 1. The first kappa shape index (κ1) is 9.06. The van der Waals surface area contributed by atoms with E-state index in [0.29, 0.717) is 0 Å². The molecular weight excluding hydrogens is 132 g/mol. The minimum absolute atomic E-state index is 1.00. The molecule has 0 atom stereocenters. The van der Waals surface area contributed by atoms with Crippen molar-refractivity contribution in [3.05, 3.63) is 0 Å². The molecule has 0 radical (unpaired) electrons. The summed E-state index contributed by atoms with van der Waals surface area (Å²) in [5.74, 6) is 0. The van der Waals surface area contributed by atoms with Crippen molar-refractivity contribution < 1.29 is 5.11 Å². The topological polar surface area (TPSA) is 20.2 Å². The summed E-state index contributed by atoms with van der Waals surface area (Å²) in [5.41, 5.74) is 0. The first-order valence-electron chi connectivity index (χ1n) is 1.42. The van der Waals surface area contributed by atoms with E-state index in [4.69, 9.17) is 5.11 Å². The van der Waals surface area contributed by atoms with Crippen molar-refractivity contribution >= 4 is 15.9 Å². The van der Waals surface area contributed by atoms with Crippen molar-refractivity contribution in [2.24, 2.45) is 0 Å². The second-order valence-corrected chi connectivity index (χ2v) is 1.39. The fourth-order valence-corrected chi connectivity index (χ4v) is 0. The zero-order valence-electron chi connectivity index (χ0n) is 3.53. The van der Waals surface area contributed by atoms with Gasteiger partial charge in [0, 0.05) is 12.4 Å². The van der Waals surface area contributed by atoms with Crippen LogP contribution in [0, 0.1) is 0 Å². The lowest BCUT2D eigenvalue weighted by molar-refractivity contribution is 0.399. The van der Waals surface area contributed by atoms with Crippen LogP contribution in [0.25, 0.3) is 0 Å². The van der Waals surface area contributed by atoms with E-state index in [1.165, 1.54) is 0 Å². The maximum Gasteiger partial charge on any atom is 0.0319 e. The molecule has 34 valence electrons. The van der Waals surface area contributed by atoms with E-state index in [1.54, 1.807) is 0 Å². The van der Waals surface area contributed by atoms with Gasteiger partial charge in [0.2, 0.25) is 0 Å². The quantitative estimate of drug-likeness (QED) is 0.499. The standard InChI is InChI=1S/C2H5Br.CH4O/c1-2-3;1-2/h2H2,1H3;2H,1H3. The van der Waals surface area contributed by atoms with Gasteiger partial charge in [0.25, 0.3) is 0 Å². The zero-order valence-corrected chi connectivity index (χ0v) is 5.12. The van der Waals surface area contributed by atoms with Crippen LogP contribution in [-0.4, -0.2) is 17.5 Å². The van der Waals surface area contributed by atoms with Crippen molar-refractivity contribution in [3.63, 3.8) is 0 Å². The van der Waals surface area contributed by atoms with Crippen LogP contribution < -0.4 is 0 Å². The summed E-state index contributed by atoms with van der Waals surface area (Å²) in [6, 6.07) is 0. The molecule has 0 saturated carbocycles. The normalized spacial score (nSPS) is 4.80. The second-order valence-electron chi connectivity index (χ2n) is 0.267. The number of aliphatic hydroxyl groups is 1. The van der Waals surface area contributed by atoms with Crippen molar-refractivity contribution in [1.82, 2.24) is 0 Å². The Kier molecular flexibility index (Phi) is 45.9. The number of rotatable bonds is 0. The predicted molar refractivity (Wildman–Crippen MR) is 27.6 cm³/mol. The number of hydrogen-bond acceptors (Lipinski definition) is 1. The summed E-state index contributed by atoms with van der Waals surface area (Å²) in [6.07, 6.45) is 0. The Morgan fingerprint density at radius 2 is 1.60 bits per heavy atom. The molecule has 0 heterocycles. The molecule has 0 bridgehead atoms. The Bertz CT molecular complexity index is 6.85. The van der Waals surface area contributed by atoms with Crippen LogP contribution in [0.15, 0.2) is 0 Å². The molecule has 0 spiro atoms. The van der Waals surface area contributed by atoms with Gasteiger partial charge < -0.3 is 5.11 Å². The molecule has 0 aromatic heterocycles. The fourth-order valence-electron chi connectivity index (χ4n) is 0. The minimum atomic E-state index is 1.00. The molecule has 5 heavy (non-hydrogen) atoms. The van der Waals surface area contributed by atoms with Crippen LogP contribution in [0.2, 0.25) is 0 Å². The van der Waals surface area contributed by atoms with Gasteiger partial charge in [-0.15, -0.1) is 0 Å². The van der Waals surface area contributed by atoms with Gasteiger partial charge in [0.05, 0.1) is 0 Å². The highest BCUT2D eigenvalue weighted by atomic mass is 79.9. The molecule has 0 aromatic rings. The highest BCUT2D eigenvalue weighted by molar-refractivity contribution is 9.09. The maximum absolute atomic E-state index is 7.00. The zero-order chi connectivity index (χ0) is 4.71. The Morgan fingerprint density at radius 1 is 1.60 bits per heavy atom. The van der Waals surface area contributed by atoms with Gasteiger partial charge in [0.15, 0.2) is 0 Å². The van der Waals surface area contributed by atoms with Gasteiger partial charge in [-0.05, 0) is 0 Å². The molecule has 2 heteroatoms. The van der Waals surface area contributed by atoms with Crippen molar-refractivity contribution in [2.45, 2.75) is 6.92 Å². The van der Waals surface area contributed by atoms with E-state index < -0.39 is 0 Å². The summed E-state index contributed by atoms with van der Waals surface area (Å²) in [6.45, 7) is 2.04. The second kappa shape index (κ2) is 25.3. The Hall–Kier alpha value is 0.440. The smallest absolute Gasteiger partial charge is 0.0319 e. The maximum atomic E-state index is 7.00. The van der Waals surface area contributed by atoms with Gasteiger partial charge >= 0.3 is 0 Å². The highest BCUT2D eigenvalue weighted by Crippen LogP contribution is 1.67. The van der Waals surface area contributed by atoms with Gasteiger partial charge in [-0.1, -0.05) is 22.9 Å². The van der Waals surface area contributed by atoms with Gasteiger partial charge in [-0.3, -0.25) is 0 Å². The Morgan fingerprint density at radius 3 is 1.60 bits per heavy atom. The van der Waals surface area contributed by atoms with Crippen LogP contribution in [0.3, 0.4) is 0 Å². The predicted octanol–water partition coefficient (Wildman–Crippen LogP) is 1.01. The number of aliphatic hydroxyl groups excluding tert-OH is 1. The highest BCUT2D eigenvalue weighted by Gasteiger charge is 1.38. The summed E-state index contributed by atoms with van der Waals surface area (Å²) in [4.78, 5) is 0. The molecule has 0 aromatic carbocycles. The molecule has 0 fully saturated rings. The van der Waals surface area contributed by atoms with Crippen molar-refractivity contribution in [2.75, 3.05) is 12.4 Å². The van der Waals surface area contributed by atoms with E-state index in [0.717, 1.165) is 12.4 Å². The summed E-state index contributed by atoms with van der Waals surface area (Å²) in [7, 11) is 1.00. The lowest BCUT2D eigenvalue weighted by Gasteiger charge is -1.45. The van der Waals surface area contributed by atoms with E-state index in [9.17, 15) is 0 Å². The number of halogens is 1. The van der Waals surface area contributed by atoms with E-state index in [2.05, 4.69) is 15.9 Å². The van der Waals surface area contributed by atoms with Gasteiger partial charge in [0.1, 0.15) is 0 Å². The molecule has 0 aliphatic carbocycles. The summed E-state index contributed by atoms with van der Waals surface area (Å²) >= 11 is 3.15. The molecule has 0 unspecified atom stereocenters. The minimum Gasteiger partial charge on any atom is -0.400 e. The molecule has 1 N–H and O–H groups in total. The first-order valence-corrected chi connectivity index (χ1v) is 2.54. The monoisotopic (exact) mass is 140 g/mol. The van der Waals surface area contributed by atoms with Crippen LogP contribution in [0.1, 0.15) is 6.92 Å². The molecule has 0 rings (SSSR count). The molecule has 0 aliphatic rings. The average Bonchev–Trinajstić information content (AvgIpc) is 1.46.